The number of amides is 1. The standard InChI is InChI=1S/C14H19ClN2OS/c1-3-10-7-9(8-13(15)16-10)14(18)17-11-5-4-6-12(11)19-2/h7-8,11-12H,3-6H2,1-2H3,(H,17,18). The molecule has 1 aromatic heterocycles. The van der Waals surface area contributed by atoms with E-state index >= 15 is 0 Å². The number of rotatable bonds is 4. The molecule has 0 spiro atoms. The van der Waals surface area contributed by atoms with Gasteiger partial charge in [-0.1, -0.05) is 24.9 Å². The topological polar surface area (TPSA) is 42.0 Å². The van der Waals surface area contributed by atoms with Crippen LogP contribution in [0.4, 0.5) is 0 Å². The van der Waals surface area contributed by atoms with Gasteiger partial charge >= 0.3 is 0 Å². The molecular weight excluding hydrogens is 280 g/mol. The summed E-state index contributed by atoms with van der Waals surface area (Å²) >= 11 is 7.79. The predicted molar refractivity (Wildman–Crippen MR) is 81.0 cm³/mol. The Bertz CT molecular complexity index is 467. The second-order valence-electron chi connectivity index (χ2n) is 4.81. The molecule has 0 bridgehead atoms. The molecule has 1 aromatic rings. The molecule has 5 heteroatoms. The highest BCUT2D eigenvalue weighted by Crippen LogP contribution is 2.28. The van der Waals surface area contributed by atoms with Crippen molar-refractivity contribution in [3.8, 4) is 0 Å². The number of thioether (sulfide) groups is 1. The summed E-state index contributed by atoms with van der Waals surface area (Å²) in [6, 6.07) is 3.74. The van der Waals surface area contributed by atoms with Crippen molar-refractivity contribution in [1.82, 2.24) is 10.3 Å². The van der Waals surface area contributed by atoms with Gasteiger partial charge in [-0.3, -0.25) is 4.79 Å². The number of halogens is 1. The molecule has 2 atom stereocenters. The number of nitrogens with one attached hydrogen (secondary N) is 1. The number of carbonyl (C=O) groups is 1. The molecular formula is C14H19ClN2OS. The lowest BCUT2D eigenvalue weighted by atomic mass is 10.1. The van der Waals surface area contributed by atoms with Crippen molar-refractivity contribution in [2.75, 3.05) is 6.26 Å². The van der Waals surface area contributed by atoms with Gasteiger partial charge in [-0.25, -0.2) is 4.98 Å². The summed E-state index contributed by atoms with van der Waals surface area (Å²) in [4.78, 5) is 16.5. The molecule has 1 amide bonds. The summed E-state index contributed by atoms with van der Waals surface area (Å²) in [5.74, 6) is -0.0371. The summed E-state index contributed by atoms with van der Waals surface area (Å²) in [6.07, 6.45) is 6.32. The van der Waals surface area contributed by atoms with Crippen LogP contribution in [0.5, 0.6) is 0 Å². The van der Waals surface area contributed by atoms with Crippen molar-refractivity contribution >= 4 is 29.3 Å². The maximum atomic E-state index is 12.3. The third-order valence-electron chi connectivity index (χ3n) is 3.54. The largest absolute Gasteiger partial charge is 0.348 e. The van der Waals surface area contributed by atoms with Crippen molar-refractivity contribution in [3.63, 3.8) is 0 Å². The van der Waals surface area contributed by atoms with E-state index in [4.69, 9.17) is 11.6 Å². The van der Waals surface area contributed by atoms with Gasteiger partial charge in [0.05, 0.1) is 0 Å². The normalized spacial score (nSPS) is 22.5. The zero-order valence-electron chi connectivity index (χ0n) is 11.3. The van der Waals surface area contributed by atoms with E-state index in [9.17, 15) is 4.79 Å². The van der Waals surface area contributed by atoms with Crippen LogP contribution in [0, 0.1) is 0 Å². The SMILES string of the molecule is CCc1cc(C(=O)NC2CCCC2SC)cc(Cl)n1. The van der Waals surface area contributed by atoms with Gasteiger partial charge in [0.25, 0.3) is 5.91 Å². The quantitative estimate of drug-likeness (QED) is 0.867. The average molecular weight is 299 g/mol. The van der Waals surface area contributed by atoms with Gasteiger partial charge in [0.15, 0.2) is 0 Å². The first-order chi connectivity index (χ1) is 9.13. The minimum absolute atomic E-state index is 0.0371. The van der Waals surface area contributed by atoms with Gasteiger partial charge in [-0.2, -0.15) is 11.8 Å². The van der Waals surface area contributed by atoms with Crippen LogP contribution in [0.3, 0.4) is 0 Å². The van der Waals surface area contributed by atoms with Crippen LogP contribution < -0.4 is 5.32 Å². The summed E-state index contributed by atoms with van der Waals surface area (Å²) in [5, 5.41) is 4.05. The number of hydrogen-bond acceptors (Lipinski definition) is 3. The Morgan fingerprint density at radius 1 is 1.53 bits per heavy atom. The minimum atomic E-state index is -0.0371. The van der Waals surface area contributed by atoms with E-state index in [0.29, 0.717) is 16.0 Å². The Labute approximate surface area is 123 Å². The molecule has 0 saturated heterocycles. The number of nitrogens with zero attached hydrogens (tertiary/aromatic N) is 1. The van der Waals surface area contributed by atoms with E-state index in [1.165, 1.54) is 12.8 Å². The molecule has 104 valence electrons. The number of aryl methyl sites for hydroxylation is 1. The van der Waals surface area contributed by atoms with Crippen molar-refractivity contribution in [1.29, 1.82) is 0 Å². The van der Waals surface area contributed by atoms with Gasteiger partial charge in [-0.05, 0) is 37.7 Å². The van der Waals surface area contributed by atoms with E-state index < -0.39 is 0 Å². The molecule has 2 unspecified atom stereocenters. The van der Waals surface area contributed by atoms with Crippen LogP contribution in [0.1, 0.15) is 42.2 Å². The van der Waals surface area contributed by atoms with Crippen molar-refractivity contribution in [2.24, 2.45) is 0 Å². The van der Waals surface area contributed by atoms with Crippen molar-refractivity contribution in [2.45, 2.75) is 43.9 Å². The average Bonchev–Trinajstić information content (AvgIpc) is 2.85. The Morgan fingerprint density at radius 2 is 2.32 bits per heavy atom. The van der Waals surface area contributed by atoms with Crippen molar-refractivity contribution in [3.05, 3.63) is 28.5 Å². The molecule has 0 radical (unpaired) electrons. The summed E-state index contributed by atoms with van der Waals surface area (Å²) in [6.45, 7) is 2.00. The molecule has 1 fully saturated rings. The fraction of sp³-hybridized carbons (Fsp3) is 0.571. The lowest BCUT2D eigenvalue weighted by Crippen LogP contribution is -2.38. The van der Waals surface area contributed by atoms with Gasteiger partial charge in [0, 0.05) is 22.5 Å². The van der Waals surface area contributed by atoms with Gasteiger partial charge in [-0.15, -0.1) is 0 Å². The maximum absolute atomic E-state index is 12.3. The molecule has 1 heterocycles. The molecule has 19 heavy (non-hydrogen) atoms. The Morgan fingerprint density at radius 3 is 3.00 bits per heavy atom. The van der Waals surface area contributed by atoms with Crippen LogP contribution in [0.25, 0.3) is 0 Å². The number of carbonyl (C=O) groups excluding carboxylic acids is 1. The summed E-state index contributed by atoms with van der Waals surface area (Å²) < 4.78 is 0. The third kappa shape index (κ3) is 3.63. The molecule has 1 aliphatic carbocycles. The van der Waals surface area contributed by atoms with Crippen LogP contribution in [0.15, 0.2) is 12.1 Å². The van der Waals surface area contributed by atoms with Crippen LogP contribution in [-0.2, 0) is 6.42 Å². The second kappa shape index (κ2) is 6.62. The van der Waals surface area contributed by atoms with E-state index in [2.05, 4.69) is 16.6 Å². The zero-order valence-corrected chi connectivity index (χ0v) is 12.9. The van der Waals surface area contributed by atoms with Crippen LogP contribution in [0.2, 0.25) is 5.15 Å². The first-order valence-electron chi connectivity index (χ1n) is 6.64. The highest BCUT2D eigenvalue weighted by atomic mass is 35.5. The molecule has 3 nitrogen and oxygen atoms in total. The Hall–Kier alpha value is -0.740. The van der Waals surface area contributed by atoms with E-state index in [-0.39, 0.29) is 11.9 Å². The number of aromatic nitrogens is 1. The van der Waals surface area contributed by atoms with E-state index in [1.54, 1.807) is 6.07 Å². The molecule has 0 aromatic carbocycles. The van der Waals surface area contributed by atoms with Gasteiger partial charge in [0.2, 0.25) is 0 Å². The molecule has 2 rings (SSSR count). The molecule has 1 saturated carbocycles. The summed E-state index contributed by atoms with van der Waals surface area (Å²) in [7, 11) is 0. The summed E-state index contributed by atoms with van der Waals surface area (Å²) in [5.41, 5.74) is 1.47. The van der Waals surface area contributed by atoms with E-state index in [0.717, 1.165) is 18.5 Å². The minimum Gasteiger partial charge on any atom is -0.348 e. The lowest BCUT2D eigenvalue weighted by molar-refractivity contribution is 0.0938. The van der Waals surface area contributed by atoms with Gasteiger partial charge in [0.1, 0.15) is 5.15 Å². The fourth-order valence-electron chi connectivity index (χ4n) is 2.49. The zero-order chi connectivity index (χ0) is 13.8. The molecule has 1 N–H and O–H groups in total. The van der Waals surface area contributed by atoms with Crippen molar-refractivity contribution < 1.29 is 4.79 Å². The van der Waals surface area contributed by atoms with Gasteiger partial charge < -0.3 is 5.32 Å². The first kappa shape index (κ1) is 14.7. The highest BCUT2D eigenvalue weighted by Gasteiger charge is 2.28. The molecule has 0 aliphatic heterocycles. The van der Waals surface area contributed by atoms with Crippen LogP contribution >= 0.6 is 23.4 Å². The number of hydrogen-bond donors (Lipinski definition) is 1. The predicted octanol–water partition coefficient (Wildman–Crippen LogP) is 3.31. The lowest BCUT2D eigenvalue weighted by Gasteiger charge is -2.19. The number of pyridine rings is 1. The van der Waals surface area contributed by atoms with Crippen LogP contribution in [-0.4, -0.2) is 28.4 Å². The maximum Gasteiger partial charge on any atom is 0.251 e. The van der Waals surface area contributed by atoms with E-state index in [1.807, 2.05) is 24.8 Å². The Balaban J connectivity index is 2.09. The fourth-order valence-corrected chi connectivity index (χ4v) is 3.65. The smallest absolute Gasteiger partial charge is 0.251 e. The third-order valence-corrected chi connectivity index (χ3v) is 4.91. The molecule has 1 aliphatic rings. The monoisotopic (exact) mass is 298 g/mol. The highest BCUT2D eigenvalue weighted by molar-refractivity contribution is 7.99. The second-order valence-corrected chi connectivity index (χ2v) is 6.27. The Kier molecular flexibility index (Phi) is 5.11. The first-order valence-corrected chi connectivity index (χ1v) is 8.30.